The summed E-state index contributed by atoms with van der Waals surface area (Å²) < 4.78 is 0. The third-order valence-corrected chi connectivity index (χ3v) is 4.10. The number of halogens is 2. The van der Waals surface area contributed by atoms with E-state index < -0.39 is 0 Å². The van der Waals surface area contributed by atoms with E-state index in [0.29, 0.717) is 0 Å². The molecular weight excluding hydrogens is 428 g/mol. The SMILES string of the molecule is CCCCCCCCCCCCCCCCCC[NH3+].C[NH2+]C.[Br-].[Br-]. The molecule has 0 aliphatic carbocycles. The van der Waals surface area contributed by atoms with Gasteiger partial charge in [0, 0.05) is 0 Å². The molecule has 0 rings (SSSR count). The lowest BCUT2D eigenvalue weighted by atomic mass is 10.0. The van der Waals surface area contributed by atoms with Crippen LogP contribution in [0.2, 0.25) is 0 Å². The van der Waals surface area contributed by atoms with Gasteiger partial charge in [-0.15, -0.1) is 0 Å². The Morgan fingerprint density at radius 2 is 0.708 bits per heavy atom. The second-order valence-electron chi connectivity index (χ2n) is 6.73. The number of hydrogen-bond donors (Lipinski definition) is 2. The molecule has 0 heterocycles. The van der Waals surface area contributed by atoms with Crippen molar-refractivity contribution < 1.29 is 45.0 Å². The number of quaternary nitrogens is 2. The van der Waals surface area contributed by atoms with Crippen LogP contribution in [0.25, 0.3) is 0 Å². The molecule has 2 nitrogen and oxygen atoms in total. The molecule has 0 saturated heterocycles. The van der Waals surface area contributed by atoms with Crippen LogP contribution in [0.3, 0.4) is 0 Å². The highest BCUT2D eigenvalue weighted by Gasteiger charge is 1.94. The van der Waals surface area contributed by atoms with Crippen LogP contribution in [0.4, 0.5) is 0 Å². The van der Waals surface area contributed by atoms with Gasteiger partial charge in [0.15, 0.2) is 0 Å². The van der Waals surface area contributed by atoms with Crippen molar-refractivity contribution in [3.8, 4) is 0 Å². The summed E-state index contributed by atoms with van der Waals surface area (Å²) >= 11 is 0. The van der Waals surface area contributed by atoms with Gasteiger partial charge in [0.1, 0.15) is 0 Å². The predicted octanol–water partition coefficient (Wildman–Crippen LogP) is -1.69. The molecule has 0 fully saturated rings. The molecule has 0 spiro atoms. The molecule has 4 heteroatoms. The molecule has 0 unspecified atom stereocenters. The highest BCUT2D eigenvalue weighted by atomic mass is 79.9. The van der Waals surface area contributed by atoms with Gasteiger partial charge < -0.3 is 45.0 Å². The van der Waals surface area contributed by atoms with E-state index in [4.69, 9.17) is 0 Å². The number of hydrogen-bond acceptors (Lipinski definition) is 0. The highest BCUT2D eigenvalue weighted by molar-refractivity contribution is 4.49. The fourth-order valence-corrected chi connectivity index (χ4v) is 2.72. The molecule has 0 aromatic rings. The Balaban J connectivity index is -0.000000370. The van der Waals surface area contributed by atoms with Crippen molar-refractivity contribution in [2.24, 2.45) is 0 Å². The van der Waals surface area contributed by atoms with Gasteiger partial charge in [-0.2, -0.15) is 0 Å². The van der Waals surface area contributed by atoms with E-state index >= 15 is 0 Å². The zero-order chi connectivity index (χ0) is 16.7. The van der Waals surface area contributed by atoms with Gasteiger partial charge in [-0.25, -0.2) is 0 Å². The second kappa shape index (κ2) is 35.1. The maximum Gasteiger partial charge on any atom is 0.0739 e. The molecule has 0 radical (unpaired) electrons. The Morgan fingerprint density at radius 1 is 0.500 bits per heavy atom. The van der Waals surface area contributed by atoms with Gasteiger partial charge in [0.25, 0.3) is 0 Å². The number of unbranched alkanes of at least 4 members (excludes halogenated alkanes) is 15. The maximum absolute atomic E-state index is 3.89. The lowest BCUT2D eigenvalue weighted by Crippen LogP contribution is -3.00. The average molecular weight is 476 g/mol. The molecular formula is C20H48Br2N2. The summed E-state index contributed by atoms with van der Waals surface area (Å²) in [5.74, 6) is 0. The third-order valence-electron chi connectivity index (χ3n) is 4.10. The van der Waals surface area contributed by atoms with E-state index in [9.17, 15) is 0 Å². The molecule has 0 aromatic carbocycles. The predicted molar refractivity (Wildman–Crippen MR) is 101 cm³/mol. The van der Waals surface area contributed by atoms with Crippen molar-refractivity contribution in [3.63, 3.8) is 0 Å². The van der Waals surface area contributed by atoms with Gasteiger partial charge in [-0.1, -0.05) is 96.8 Å². The Labute approximate surface area is 175 Å². The number of rotatable bonds is 16. The first-order valence-electron chi connectivity index (χ1n) is 10.4. The molecule has 0 saturated carbocycles. The Morgan fingerprint density at radius 3 is 0.917 bits per heavy atom. The summed E-state index contributed by atoms with van der Waals surface area (Å²) in [7, 11) is 4.00. The Kier molecular flexibility index (Phi) is 47.6. The third kappa shape index (κ3) is 38.4. The molecule has 0 aromatic heterocycles. The second-order valence-corrected chi connectivity index (χ2v) is 6.73. The van der Waals surface area contributed by atoms with Crippen molar-refractivity contribution in [3.05, 3.63) is 0 Å². The lowest BCUT2D eigenvalue weighted by molar-refractivity contribution is -0.597. The van der Waals surface area contributed by atoms with Crippen LogP contribution < -0.4 is 45.0 Å². The van der Waals surface area contributed by atoms with Crippen molar-refractivity contribution in [1.82, 2.24) is 0 Å². The van der Waals surface area contributed by atoms with Crippen molar-refractivity contribution >= 4 is 0 Å². The van der Waals surface area contributed by atoms with Gasteiger partial charge in [-0.3, -0.25) is 0 Å². The van der Waals surface area contributed by atoms with Crippen LogP contribution in [0.15, 0.2) is 0 Å². The standard InChI is InChI=1S/C18H39N.C2H7N.2BrH/c1-2-3-4-5-6-7-8-9-10-11-12-13-14-15-16-17-18-19;1-3-2;;/h2-19H2,1H3;3H,1-2H3;2*1H. The monoisotopic (exact) mass is 474 g/mol. The largest absolute Gasteiger partial charge is 1.00 e. The van der Waals surface area contributed by atoms with E-state index in [0.717, 1.165) is 6.54 Å². The molecule has 0 aliphatic heterocycles. The van der Waals surface area contributed by atoms with Crippen molar-refractivity contribution in [2.75, 3.05) is 20.6 Å². The van der Waals surface area contributed by atoms with Crippen LogP contribution >= 0.6 is 0 Å². The maximum atomic E-state index is 3.89. The van der Waals surface area contributed by atoms with E-state index in [2.05, 4.69) is 12.7 Å². The zero-order valence-corrected chi connectivity index (χ0v) is 20.2. The summed E-state index contributed by atoms with van der Waals surface area (Å²) in [5.41, 5.74) is 3.89. The molecule has 24 heavy (non-hydrogen) atoms. The summed E-state index contributed by atoms with van der Waals surface area (Å²) in [5, 5.41) is 2.00. The molecule has 0 aliphatic rings. The zero-order valence-electron chi connectivity index (χ0n) is 17.1. The van der Waals surface area contributed by atoms with E-state index in [1.807, 2.05) is 19.4 Å². The van der Waals surface area contributed by atoms with Crippen LogP contribution in [-0.4, -0.2) is 20.6 Å². The fraction of sp³-hybridized carbons (Fsp3) is 1.00. The summed E-state index contributed by atoms with van der Waals surface area (Å²) in [6, 6.07) is 0. The van der Waals surface area contributed by atoms with Gasteiger partial charge >= 0.3 is 0 Å². The van der Waals surface area contributed by atoms with Crippen LogP contribution in [0.5, 0.6) is 0 Å². The minimum absolute atomic E-state index is 0. The van der Waals surface area contributed by atoms with Crippen LogP contribution in [-0.2, 0) is 0 Å². The molecule has 5 N–H and O–H groups in total. The van der Waals surface area contributed by atoms with Crippen molar-refractivity contribution in [1.29, 1.82) is 0 Å². The Hall–Kier alpha value is 0.880. The molecule has 0 atom stereocenters. The number of nitrogens with two attached hydrogens (primary N) is 1. The first-order valence-corrected chi connectivity index (χ1v) is 10.4. The minimum Gasteiger partial charge on any atom is -1.00 e. The smallest absolute Gasteiger partial charge is 0.0739 e. The van der Waals surface area contributed by atoms with Crippen LogP contribution in [0, 0.1) is 0 Å². The summed E-state index contributed by atoms with van der Waals surface area (Å²) in [6.07, 6.45) is 23.2. The van der Waals surface area contributed by atoms with Crippen LogP contribution in [0.1, 0.15) is 110 Å². The van der Waals surface area contributed by atoms with Gasteiger partial charge in [-0.05, 0) is 12.8 Å². The summed E-state index contributed by atoms with van der Waals surface area (Å²) in [6.45, 7) is 3.42. The van der Waals surface area contributed by atoms with E-state index in [1.165, 1.54) is 103 Å². The van der Waals surface area contributed by atoms with Gasteiger partial charge in [0.05, 0.1) is 20.6 Å². The minimum atomic E-state index is 0. The average Bonchev–Trinajstić information content (AvgIpc) is 2.52. The molecule has 0 amide bonds. The van der Waals surface area contributed by atoms with Crippen molar-refractivity contribution in [2.45, 2.75) is 110 Å². The first kappa shape index (κ1) is 32.5. The lowest BCUT2D eigenvalue weighted by Gasteiger charge is -2.03. The van der Waals surface area contributed by atoms with E-state index in [-0.39, 0.29) is 34.0 Å². The molecule has 0 bridgehead atoms. The molecule has 152 valence electrons. The topological polar surface area (TPSA) is 44.2 Å². The highest BCUT2D eigenvalue weighted by Crippen LogP contribution is 2.13. The van der Waals surface area contributed by atoms with E-state index in [1.54, 1.807) is 0 Å². The summed E-state index contributed by atoms with van der Waals surface area (Å²) in [4.78, 5) is 0. The quantitative estimate of drug-likeness (QED) is 0.250. The van der Waals surface area contributed by atoms with Gasteiger partial charge in [0.2, 0.25) is 0 Å². The fourth-order valence-electron chi connectivity index (χ4n) is 2.72. The first-order chi connectivity index (χ1) is 10.8. The normalized spacial score (nSPS) is 9.50. The Bertz CT molecular complexity index is 154.